The molecule has 0 saturated carbocycles. The first kappa shape index (κ1) is 62.0. The summed E-state index contributed by atoms with van der Waals surface area (Å²) in [5, 5.41) is 87.7. The summed E-state index contributed by atoms with van der Waals surface area (Å²) in [6, 6.07) is 55.7. The van der Waals surface area contributed by atoms with Gasteiger partial charge in [-0.3, -0.25) is 14.4 Å². The van der Waals surface area contributed by atoms with E-state index in [9.17, 15) is 29.7 Å². The fourth-order valence-corrected chi connectivity index (χ4v) is 10.1. The molecule has 0 aliphatic carbocycles. The molecule has 0 atom stereocenters. The number of rotatable bonds is 17. The van der Waals surface area contributed by atoms with Crippen LogP contribution in [0.2, 0.25) is 10.0 Å². The van der Waals surface area contributed by atoms with E-state index in [4.69, 9.17) is 38.5 Å². The second kappa shape index (κ2) is 27.3. The molecule has 20 heteroatoms. The number of halogens is 2. The molecule has 3 aromatic heterocycles. The Kier molecular flexibility index (Phi) is 19.0. The number of carboxylic acids is 1. The third kappa shape index (κ3) is 14.8. The molecule has 12 rings (SSSR count). The number of nitrogens with zero attached hydrogens (tertiary/aromatic N) is 9. The Hall–Kier alpha value is -10.1. The van der Waals surface area contributed by atoms with Crippen LogP contribution in [0.4, 0.5) is 0 Å². The number of fused-ring (bicyclic) bond motifs is 3. The van der Waals surface area contributed by atoms with Crippen molar-refractivity contribution in [3.8, 4) is 67.7 Å². The van der Waals surface area contributed by atoms with E-state index in [-0.39, 0.29) is 40.7 Å². The maximum atomic E-state index is 11.4. The van der Waals surface area contributed by atoms with E-state index in [2.05, 4.69) is 51.4 Å². The van der Waals surface area contributed by atoms with Crippen LogP contribution < -0.4 is 0 Å². The third-order valence-corrected chi connectivity index (χ3v) is 15.2. The number of Topliss-reactive ketones (excluding diaryl/α,β-unsaturated/α-hetero) is 2. The summed E-state index contributed by atoms with van der Waals surface area (Å²) in [7, 11) is 0. The Morgan fingerprint density at radius 2 is 0.820 bits per heavy atom. The van der Waals surface area contributed by atoms with Crippen molar-refractivity contribution in [1.29, 1.82) is 0 Å². The number of aryl methyl sites for hydroxylation is 3. The number of phenolic OH excluding ortho intramolecular Hbond substituents is 3. The van der Waals surface area contributed by atoms with Crippen LogP contribution in [0.1, 0.15) is 62.3 Å². The molecule has 0 bridgehead atoms. The van der Waals surface area contributed by atoms with Gasteiger partial charge >= 0.3 is 5.97 Å². The second-order valence-corrected chi connectivity index (χ2v) is 23.0. The molecule has 0 unspecified atom stereocenters. The van der Waals surface area contributed by atoms with Crippen molar-refractivity contribution in [3.63, 3.8) is 0 Å². The minimum absolute atomic E-state index is 0.00690. The lowest BCUT2D eigenvalue weighted by Crippen LogP contribution is -2.13. The number of carbonyl (C=O) groups is 3. The summed E-state index contributed by atoms with van der Waals surface area (Å²) in [6.45, 7) is 5.47. The van der Waals surface area contributed by atoms with Gasteiger partial charge < -0.3 is 30.6 Å². The zero-order valence-electron chi connectivity index (χ0n) is 48.7. The molecule has 450 valence electrons. The van der Waals surface area contributed by atoms with Gasteiger partial charge in [-0.25, -0.2) is 0 Å². The number of aromatic nitrogens is 9. The molecule has 89 heavy (non-hydrogen) atoms. The predicted molar refractivity (Wildman–Crippen MR) is 343 cm³/mol. The first-order chi connectivity index (χ1) is 42.8. The summed E-state index contributed by atoms with van der Waals surface area (Å²) in [6.07, 6.45) is 2.09. The van der Waals surface area contributed by atoms with Crippen LogP contribution in [-0.2, 0) is 39.1 Å². The molecule has 18 nitrogen and oxygen atoms in total. The normalized spacial score (nSPS) is 11.3. The van der Waals surface area contributed by atoms with Gasteiger partial charge in [-0.15, -0.1) is 45.0 Å². The quantitative estimate of drug-likeness (QED) is 0.0495. The molecule has 6 N–H and O–H groups in total. The number of hydrogen-bond acceptors (Lipinski definition) is 14. The van der Waals surface area contributed by atoms with Gasteiger partial charge in [0.2, 0.25) is 0 Å². The number of ketones is 2. The topological polar surface area (TPSA) is 265 Å². The smallest absolute Gasteiger partial charge is 0.303 e. The van der Waals surface area contributed by atoms with Gasteiger partial charge in [0, 0.05) is 46.0 Å². The number of carboxylic acid groups (broad SMARTS) is 1. The molecule has 0 spiro atoms. The van der Waals surface area contributed by atoms with Crippen molar-refractivity contribution in [3.05, 3.63) is 214 Å². The summed E-state index contributed by atoms with van der Waals surface area (Å²) < 4.78 is 0. The van der Waals surface area contributed by atoms with Crippen LogP contribution in [0.25, 0.3) is 83.5 Å². The van der Waals surface area contributed by atoms with Gasteiger partial charge in [0.15, 0.2) is 28.8 Å². The number of aliphatic hydroxyl groups excluding tert-OH is 2. The summed E-state index contributed by atoms with van der Waals surface area (Å²) in [4.78, 5) is 37.9. The number of carbonyl (C=O) groups excluding carboxylic acids is 2. The number of phenols is 3. The van der Waals surface area contributed by atoms with Crippen LogP contribution in [0.3, 0.4) is 0 Å². The molecule has 0 aliphatic rings. The maximum Gasteiger partial charge on any atom is 0.303 e. The molecule has 0 amide bonds. The van der Waals surface area contributed by atoms with Gasteiger partial charge in [0.05, 0.1) is 0 Å². The SMILES string of the molecule is CC(C)(C)c1cc(-c2ccc(CCC(=O)CO)cc2)c(O)c(-n2nc3ccc(Cl)cc3n2)c1.O=C(CO)CCc1ccc(-c2cccc(-n3nc4ccc(Cl)cc4n3)c2O)cc1.O=C(O)CCc1cc(-c2ccccc2)c(O)c(-n2nc3ccccc3n2)c1. The van der Waals surface area contributed by atoms with Crippen LogP contribution in [0.5, 0.6) is 17.2 Å². The molecular weight excluding hydrogens is 1170 g/mol. The molecular formula is C69H61Cl2N9O9. The molecule has 12 aromatic rings. The average molecular weight is 1230 g/mol. The van der Waals surface area contributed by atoms with E-state index in [1.54, 1.807) is 48.5 Å². The number of para-hydroxylation sites is 1. The third-order valence-electron chi connectivity index (χ3n) is 14.7. The monoisotopic (exact) mass is 1230 g/mol. The van der Waals surface area contributed by atoms with E-state index < -0.39 is 19.2 Å². The summed E-state index contributed by atoms with van der Waals surface area (Å²) >= 11 is 12.1. The van der Waals surface area contributed by atoms with Crippen molar-refractivity contribution in [2.45, 2.75) is 64.7 Å². The maximum absolute atomic E-state index is 11.4. The molecule has 3 heterocycles. The molecule has 0 radical (unpaired) electrons. The zero-order valence-corrected chi connectivity index (χ0v) is 50.2. The largest absolute Gasteiger partial charge is 0.505 e. The molecule has 9 aromatic carbocycles. The van der Waals surface area contributed by atoms with Crippen LogP contribution >= 0.6 is 23.2 Å². The Bertz CT molecular complexity index is 4510. The fourth-order valence-electron chi connectivity index (χ4n) is 9.80. The van der Waals surface area contributed by atoms with Crippen molar-refractivity contribution in [2.24, 2.45) is 0 Å². The van der Waals surface area contributed by atoms with Crippen LogP contribution in [0, 0.1) is 0 Å². The number of benzene rings is 9. The van der Waals surface area contributed by atoms with Gasteiger partial charge in [-0.05, 0) is 142 Å². The lowest BCUT2D eigenvalue weighted by atomic mass is 9.84. The zero-order chi connectivity index (χ0) is 62.9. The average Bonchev–Trinajstić information content (AvgIpc) is 2.11. The first-order valence-corrected chi connectivity index (χ1v) is 29.2. The highest BCUT2D eigenvalue weighted by atomic mass is 35.5. The second-order valence-electron chi connectivity index (χ2n) is 22.1. The number of hydrogen-bond donors (Lipinski definition) is 6. The van der Waals surface area contributed by atoms with Crippen LogP contribution in [0.15, 0.2) is 182 Å². The Morgan fingerprint density at radius 1 is 0.404 bits per heavy atom. The molecule has 0 aliphatic heterocycles. The van der Waals surface area contributed by atoms with Crippen molar-refractivity contribution in [1.82, 2.24) is 45.0 Å². The highest BCUT2D eigenvalue weighted by molar-refractivity contribution is 6.31. The van der Waals surface area contributed by atoms with Gasteiger partial charge in [0.1, 0.15) is 63.4 Å². The number of aromatic hydroxyl groups is 3. The summed E-state index contributed by atoms with van der Waals surface area (Å²) in [5.74, 6) is -1.02. The predicted octanol–water partition coefficient (Wildman–Crippen LogP) is 13.0. The first-order valence-electron chi connectivity index (χ1n) is 28.5. The molecule has 0 fully saturated rings. The van der Waals surface area contributed by atoms with E-state index in [1.807, 2.05) is 133 Å². The van der Waals surface area contributed by atoms with E-state index in [1.165, 1.54) is 14.4 Å². The van der Waals surface area contributed by atoms with Crippen molar-refractivity contribution < 1.29 is 45.0 Å². The van der Waals surface area contributed by atoms with Crippen LogP contribution in [-0.4, -0.2) is 106 Å². The Labute approximate surface area is 521 Å². The fraction of sp³-hybridized carbons (Fsp3) is 0.174. The van der Waals surface area contributed by atoms with Gasteiger partial charge in [-0.1, -0.05) is 147 Å². The standard InChI is InChI=1S/C26H26ClN3O3.C22H18ClN3O3.C21H17N3O3/c1-26(2,3)18-12-21(17-7-4-16(5-8-17)6-10-20(32)15-31)25(33)24(13-18)30-28-22-11-9-19(27)14-23(22)29-30;23-16-9-11-19-20(12-16)25-26(24-19)21-3-1-2-18(22(21)29)15-7-4-14(5-8-15)6-10-17(28)13-27;25-20(26)11-10-14-12-16(15-6-2-1-3-7-15)21(27)19(13-14)24-22-17-8-4-5-9-18(17)23-24/h4-5,7-9,11-14,31,33H,6,10,15H2,1-3H3;1-5,7-9,11-12,27,29H,6,10,13H2;1-9,12-13,27H,10-11H2,(H,25,26). The van der Waals surface area contributed by atoms with E-state index in [0.29, 0.717) is 109 Å². The minimum atomic E-state index is -0.867. The van der Waals surface area contributed by atoms with Crippen molar-refractivity contribution in [2.75, 3.05) is 13.2 Å². The minimum Gasteiger partial charge on any atom is -0.505 e. The highest BCUT2D eigenvalue weighted by Crippen LogP contribution is 2.41. The Balaban J connectivity index is 0.000000148. The lowest BCUT2D eigenvalue weighted by Gasteiger charge is -2.22. The molecule has 0 saturated heterocycles. The van der Waals surface area contributed by atoms with E-state index >= 15 is 0 Å². The highest BCUT2D eigenvalue weighted by Gasteiger charge is 2.23. The summed E-state index contributed by atoms with van der Waals surface area (Å²) in [5.41, 5.74) is 13.6. The lowest BCUT2D eigenvalue weighted by molar-refractivity contribution is -0.137. The van der Waals surface area contributed by atoms with Gasteiger partial charge in [0.25, 0.3) is 0 Å². The Morgan fingerprint density at radius 3 is 1.31 bits per heavy atom. The van der Waals surface area contributed by atoms with Crippen molar-refractivity contribution >= 4 is 73.8 Å². The number of aliphatic carboxylic acids is 1. The van der Waals surface area contributed by atoms with E-state index in [0.717, 1.165) is 38.9 Å². The van der Waals surface area contributed by atoms with Gasteiger partial charge in [-0.2, -0.15) is 0 Å². The number of aliphatic hydroxyl groups is 2.